The van der Waals surface area contributed by atoms with Crippen LogP contribution in [-0.2, 0) is 4.74 Å². The molecule has 27 heavy (non-hydrogen) atoms. The minimum atomic E-state index is -0.419. The van der Waals surface area contributed by atoms with E-state index in [1.54, 1.807) is 67.4 Å². The maximum absolute atomic E-state index is 12.2. The maximum atomic E-state index is 12.2. The summed E-state index contributed by atoms with van der Waals surface area (Å²) in [6.07, 6.45) is 0.806. The van der Waals surface area contributed by atoms with Crippen LogP contribution < -0.4 is 14.2 Å². The molecular weight excluding hydrogens is 364 g/mol. The van der Waals surface area contributed by atoms with Crippen molar-refractivity contribution in [2.45, 2.75) is 6.42 Å². The molecule has 0 spiro atoms. The van der Waals surface area contributed by atoms with Gasteiger partial charge in [-0.15, -0.1) is 11.8 Å². The Balaban J connectivity index is 1.70. The molecule has 2 aromatic carbocycles. The van der Waals surface area contributed by atoms with E-state index in [1.165, 1.54) is 0 Å². The van der Waals surface area contributed by atoms with Crippen molar-refractivity contribution in [3.05, 3.63) is 66.1 Å². The predicted octanol–water partition coefficient (Wildman–Crippen LogP) is 4.58. The van der Waals surface area contributed by atoms with E-state index in [2.05, 4.69) is 6.58 Å². The van der Waals surface area contributed by atoms with Gasteiger partial charge in [-0.05, 0) is 53.9 Å². The fourth-order valence-corrected chi connectivity index (χ4v) is 2.52. The number of rotatable bonds is 12. The third-order valence-electron chi connectivity index (χ3n) is 3.53. The van der Waals surface area contributed by atoms with Crippen molar-refractivity contribution in [2.24, 2.45) is 0 Å². The smallest absolute Gasteiger partial charge is 0.343 e. The summed E-state index contributed by atoms with van der Waals surface area (Å²) in [4.78, 5) is 12.2. The molecule has 0 bridgehead atoms. The first-order valence-electron chi connectivity index (χ1n) is 8.62. The SMILES string of the molecule is C=CSCCOCCCOc1ccc(C(=O)Oc2ccc(OC)cc2)cc1. The highest BCUT2D eigenvalue weighted by Crippen LogP contribution is 2.19. The zero-order valence-corrected chi connectivity index (χ0v) is 16.2. The Labute approximate surface area is 164 Å². The Bertz CT molecular complexity index is 698. The van der Waals surface area contributed by atoms with Crippen LogP contribution in [0.1, 0.15) is 16.8 Å². The zero-order valence-electron chi connectivity index (χ0n) is 15.4. The second-order valence-electron chi connectivity index (χ2n) is 5.44. The molecule has 2 rings (SSSR count). The van der Waals surface area contributed by atoms with E-state index in [4.69, 9.17) is 18.9 Å². The van der Waals surface area contributed by atoms with Crippen molar-refractivity contribution in [2.75, 3.05) is 32.7 Å². The maximum Gasteiger partial charge on any atom is 0.343 e. The van der Waals surface area contributed by atoms with Gasteiger partial charge in [-0.2, -0.15) is 0 Å². The van der Waals surface area contributed by atoms with Crippen LogP contribution in [0.4, 0.5) is 0 Å². The van der Waals surface area contributed by atoms with E-state index in [0.29, 0.717) is 42.6 Å². The van der Waals surface area contributed by atoms with Crippen molar-refractivity contribution in [3.63, 3.8) is 0 Å². The molecule has 0 atom stereocenters. The molecule has 0 heterocycles. The molecule has 0 aliphatic carbocycles. The molecule has 0 radical (unpaired) electrons. The molecule has 0 unspecified atom stereocenters. The van der Waals surface area contributed by atoms with Gasteiger partial charge in [-0.25, -0.2) is 4.79 Å². The fourth-order valence-electron chi connectivity index (χ4n) is 2.14. The third-order valence-corrected chi connectivity index (χ3v) is 4.16. The minimum Gasteiger partial charge on any atom is -0.497 e. The van der Waals surface area contributed by atoms with Gasteiger partial charge in [0.1, 0.15) is 17.2 Å². The Morgan fingerprint density at radius 2 is 1.63 bits per heavy atom. The van der Waals surface area contributed by atoms with Crippen molar-refractivity contribution < 1.29 is 23.7 Å². The van der Waals surface area contributed by atoms with Crippen LogP contribution in [0.5, 0.6) is 17.2 Å². The molecule has 0 saturated heterocycles. The van der Waals surface area contributed by atoms with Crippen LogP contribution in [0.25, 0.3) is 0 Å². The molecule has 2 aromatic rings. The zero-order chi connectivity index (χ0) is 19.3. The van der Waals surface area contributed by atoms with Gasteiger partial charge < -0.3 is 18.9 Å². The first-order chi connectivity index (χ1) is 13.2. The lowest BCUT2D eigenvalue weighted by atomic mass is 10.2. The lowest BCUT2D eigenvalue weighted by molar-refractivity contribution is 0.0734. The lowest BCUT2D eigenvalue weighted by Crippen LogP contribution is -2.08. The van der Waals surface area contributed by atoms with E-state index < -0.39 is 5.97 Å². The van der Waals surface area contributed by atoms with Gasteiger partial charge in [0.2, 0.25) is 0 Å². The van der Waals surface area contributed by atoms with Gasteiger partial charge in [0, 0.05) is 18.8 Å². The second-order valence-corrected chi connectivity index (χ2v) is 6.52. The minimum absolute atomic E-state index is 0.419. The number of carbonyl (C=O) groups is 1. The van der Waals surface area contributed by atoms with Gasteiger partial charge in [0.05, 0.1) is 25.9 Å². The molecule has 6 heteroatoms. The first-order valence-corrected chi connectivity index (χ1v) is 9.67. The van der Waals surface area contributed by atoms with Crippen LogP contribution in [-0.4, -0.2) is 38.7 Å². The quantitative estimate of drug-likeness (QED) is 0.301. The summed E-state index contributed by atoms with van der Waals surface area (Å²) in [6, 6.07) is 13.7. The van der Waals surface area contributed by atoms with Gasteiger partial charge in [-0.1, -0.05) is 6.58 Å². The number of hydrogen-bond donors (Lipinski definition) is 0. The summed E-state index contributed by atoms with van der Waals surface area (Å²) < 4.78 is 21.5. The van der Waals surface area contributed by atoms with Crippen molar-refractivity contribution >= 4 is 17.7 Å². The summed E-state index contributed by atoms with van der Waals surface area (Å²) in [5.41, 5.74) is 0.459. The number of hydrogen-bond acceptors (Lipinski definition) is 6. The van der Waals surface area contributed by atoms with Crippen molar-refractivity contribution in [3.8, 4) is 17.2 Å². The summed E-state index contributed by atoms with van der Waals surface area (Å²) in [5, 5.41) is 1.81. The van der Waals surface area contributed by atoms with Crippen LogP contribution in [0, 0.1) is 0 Å². The predicted molar refractivity (Wildman–Crippen MR) is 108 cm³/mol. The van der Waals surface area contributed by atoms with Crippen molar-refractivity contribution in [1.29, 1.82) is 0 Å². The molecule has 0 aromatic heterocycles. The van der Waals surface area contributed by atoms with E-state index in [0.717, 1.165) is 12.2 Å². The third kappa shape index (κ3) is 7.76. The van der Waals surface area contributed by atoms with E-state index in [-0.39, 0.29) is 0 Å². The Kier molecular flexibility index (Phi) is 9.30. The lowest BCUT2D eigenvalue weighted by Gasteiger charge is -2.08. The van der Waals surface area contributed by atoms with Gasteiger partial charge in [-0.3, -0.25) is 0 Å². The van der Waals surface area contributed by atoms with Crippen LogP contribution in [0.15, 0.2) is 60.5 Å². The highest BCUT2D eigenvalue weighted by Gasteiger charge is 2.09. The molecule has 0 fully saturated rings. The van der Waals surface area contributed by atoms with E-state index in [1.807, 2.05) is 5.41 Å². The Morgan fingerprint density at radius 3 is 2.30 bits per heavy atom. The highest BCUT2D eigenvalue weighted by atomic mass is 32.2. The molecule has 0 amide bonds. The van der Waals surface area contributed by atoms with Gasteiger partial charge >= 0.3 is 5.97 Å². The summed E-state index contributed by atoms with van der Waals surface area (Å²) in [7, 11) is 1.58. The molecule has 144 valence electrons. The van der Waals surface area contributed by atoms with Crippen LogP contribution in [0.3, 0.4) is 0 Å². The van der Waals surface area contributed by atoms with E-state index >= 15 is 0 Å². The molecule has 0 N–H and O–H groups in total. The molecule has 0 aliphatic rings. The van der Waals surface area contributed by atoms with Crippen molar-refractivity contribution in [1.82, 2.24) is 0 Å². The first kappa shape index (κ1) is 20.9. The largest absolute Gasteiger partial charge is 0.497 e. The fraction of sp³-hybridized carbons (Fsp3) is 0.286. The van der Waals surface area contributed by atoms with Crippen LogP contribution in [0.2, 0.25) is 0 Å². The second kappa shape index (κ2) is 12.0. The molecule has 5 nitrogen and oxygen atoms in total. The van der Waals surface area contributed by atoms with Gasteiger partial charge in [0.15, 0.2) is 0 Å². The molecular formula is C21H24O5S. The highest BCUT2D eigenvalue weighted by molar-refractivity contribution is 8.02. The normalized spacial score (nSPS) is 10.3. The summed E-state index contributed by atoms with van der Waals surface area (Å²) in [5.74, 6) is 2.37. The molecule has 0 aliphatic heterocycles. The number of thioether (sulfide) groups is 1. The number of methoxy groups -OCH3 is 1. The summed E-state index contributed by atoms with van der Waals surface area (Å²) >= 11 is 1.64. The van der Waals surface area contributed by atoms with E-state index in [9.17, 15) is 4.79 Å². The number of ether oxygens (including phenoxy) is 4. The monoisotopic (exact) mass is 388 g/mol. The number of carbonyl (C=O) groups excluding carboxylic acids is 1. The Hall–Kier alpha value is -2.44. The number of benzene rings is 2. The Morgan fingerprint density at radius 1 is 0.963 bits per heavy atom. The average Bonchev–Trinajstić information content (AvgIpc) is 2.71. The molecule has 0 saturated carbocycles. The topological polar surface area (TPSA) is 54.0 Å². The standard InChI is InChI=1S/C21H24O5S/c1-3-27-16-15-24-13-4-14-25-19-7-5-17(6-8-19)21(22)26-20-11-9-18(23-2)10-12-20/h3,5-12H,1,4,13-16H2,2H3. The summed E-state index contributed by atoms with van der Waals surface area (Å²) in [6.45, 7) is 5.57. The van der Waals surface area contributed by atoms with Gasteiger partial charge in [0.25, 0.3) is 0 Å². The number of esters is 1. The van der Waals surface area contributed by atoms with Crippen LogP contribution >= 0.6 is 11.8 Å². The average molecular weight is 388 g/mol.